The highest BCUT2D eigenvalue weighted by atomic mass is 16.5. The van der Waals surface area contributed by atoms with Crippen molar-refractivity contribution in [2.24, 2.45) is 11.7 Å². The normalized spacial score (nSPS) is 20.9. The molecule has 1 saturated heterocycles. The summed E-state index contributed by atoms with van der Waals surface area (Å²) in [6.45, 7) is 13.8. The quantitative estimate of drug-likeness (QED) is 0.369. The molecule has 1 heterocycles. The van der Waals surface area contributed by atoms with E-state index in [1.165, 1.54) is 77.2 Å². The van der Waals surface area contributed by atoms with Crippen molar-refractivity contribution in [3.63, 3.8) is 0 Å². The van der Waals surface area contributed by atoms with Crippen LogP contribution in [0.15, 0.2) is 0 Å². The van der Waals surface area contributed by atoms with Gasteiger partial charge in [-0.25, -0.2) is 0 Å². The fourth-order valence-corrected chi connectivity index (χ4v) is 3.75. The molecule has 0 aromatic carbocycles. The molecule has 0 radical (unpaired) electrons. The van der Waals surface area contributed by atoms with Gasteiger partial charge in [-0.2, -0.15) is 0 Å². The molecule has 0 aromatic rings. The smallest absolute Gasteiger partial charge is 0.320 e. The molecule has 0 bridgehead atoms. The molecule has 5 heteroatoms. The van der Waals surface area contributed by atoms with Gasteiger partial charge in [0.1, 0.15) is 6.04 Å². The molecule has 29 heavy (non-hydrogen) atoms. The maximum Gasteiger partial charge on any atom is 0.320 e. The fourth-order valence-electron chi connectivity index (χ4n) is 3.75. The van der Waals surface area contributed by atoms with E-state index >= 15 is 0 Å². The van der Waals surface area contributed by atoms with Gasteiger partial charge >= 0.3 is 5.97 Å². The summed E-state index contributed by atoms with van der Waals surface area (Å²) >= 11 is 0. The first-order chi connectivity index (χ1) is 13.8. The summed E-state index contributed by atoms with van der Waals surface area (Å²) in [7, 11) is 0. The SMILES string of the molecule is CC(C)[C@H](N)C(=O)O.CCCCCCCCCCCCCN1CC(C)OC(C)C1. The maximum atomic E-state index is 10.0. The van der Waals surface area contributed by atoms with Gasteiger partial charge in [0.25, 0.3) is 0 Å². The highest BCUT2D eigenvalue weighted by Gasteiger charge is 2.21. The molecule has 5 nitrogen and oxygen atoms in total. The zero-order chi connectivity index (χ0) is 22.1. The largest absolute Gasteiger partial charge is 0.480 e. The van der Waals surface area contributed by atoms with Crippen molar-refractivity contribution < 1.29 is 14.6 Å². The van der Waals surface area contributed by atoms with Gasteiger partial charge in [-0.1, -0.05) is 85.0 Å². The van der Waals surface area contributed by atoms with Gasteiger partial charge in [0.15, 0.2) is 0 Å². The second-order valence-electron chi connectivity index (χ2n) is 9.16. The van der Waals surface area contributed by atoms with E-state index in [4.69, 9.17) is 15.6 Å². The van der Waals surface area contributed by atoms with Crippen LogP contribution in [0.5, 0.6) is 0 Å². The zero-order valence-electron chi connectivity index (χ0n) is 20.0. The lowest BCUT2D eigenvalue weighted by atomic mass is 10.1. The average molecular weight is 415 g/mol. The molecule has 1 fully saturated rings. The fraction of sp³-hybridized carbons (Fsp3) is 0.958. The first kappa shape index (κ1) is 28.4. The first-order valence-corrected chi connectivity index (χ1v) is 12.1. The van der Waals surface area contributed by atoms with Gasteiger partial charge in [0, 0.05) is 13.1 Å². The summed E-state index contributed by atoms with van der Waals surface area (Å²) in [6.07, 6.45) is 16.6. The predicted octanol–water partition coefficient (Wildman–Crippen LogP) is 5.46. The Morgan fingerprint density at radius 1 is 0.931 bits per heavy atom. The molecule has 3 atom stereocenters. The van der Waals surface area contributed by atoms with Crippen LogP contribution in [0, 0.1) is 5.92 Å². The molecule has 0 amide bonds. The van der Waals surface area contributed by atoms with Crippen LogP contribution in [-0.4, -0.2) is 53.9 Å². The Kier molecular flexibility index (Phi) is 17.7. The number of aliphatic carboxylic acids is 1. The van der Waals surface area contributed by atoms with Crippen LogP contribution in [0.4, 0.5) is 0 Å². The topological polar surface area (TPSA) is 75.8 Å². The molecule has 0 saturated carbocycles. The van der Waals surface area contributed by atoms with Crippen molar-refractivity contribution in [3.8, 4) is 0 Å². The van der Waals surface area contributed by atoms with E-state index in [1.54, 1.807) is 13.8 Å². The molecular formula is C24H50N2O3. The van der Waals surface area contributed by atoms with E-state index in [0.29, 0.717) is 12.2 Å². The zero-order valence-corrected chi connectivity index (χ0v) is 20.0. The average Bonchev–Trinajstić information content (AvgIpc) is 2.65. The van der Waals surface area contributed by atoms with E-state index in [1.807, 2.05) is 0 Å². The first-order valence-electron chi connectivity index (χ1n) is 12.1. The third kappa shape index (κ3) is 16.8. The molecule has 0 aliphatic carbocycles. The minimum Gasteiger partial charge on any atom is -0.480 e. The van der Waals surface area contributed by atoms with Gasteiger partial charge in [-0.15, -0.1) is 0 Å². The number of ether oxygens (including phenoxy) is 1. The summed E-state index contributed by atoms with van der Waals surface area (Å²) in [5.74, 6) is -0.910. The number of hydrogen-bond donors (Lipinski definition) is 2. The lowest BCUT2D eigenvalue weighted by molar-refractivity contribution is -0.139. The number of carbonyl (C=O) groups is 1. The number of hydrogen-bond acceptors (Lipinski definition) is 4. The third-order valence-corrected chi connectivity index (χ3v) is 5.58. The molecule has 0 aromatic heterocycles. The molecule has 174 valence electrons. The van der Waals surface area contributed by atoms with Crippen LogP contribution >= 0.6 is 0 Å². The number of carboxylic acid groups (broad SMARTS) is 1. The Morgan fingerprint density at radius 3 is 1.69 bits per heavy atom. The van der Waals surface area contributed by atoms with Gasteiger partial charge < -0.3 is 15.6 Å². The summed E-state index contributed by atoms with van der Waals surface area (Å²) < 4.78 is 5.78. The number of nitrogens with zero attached hydrogens (tertiary/aromatic N) is 1. The standard InChI is InChI=1S/C19H39NO.C5H11NO2/c1-4-5-6-7-8-9-10-11-12-13-14-15-20-16-18(2)21-19(3)17-20;1-3(2)4(6)5(7)8/h18-19H,4-17H2,1-3H3;3-4H,6H2,1-2H3,(H,7,8)/t;4-/m.0/s1. The van der Waals surface area contributed by atoms with Crippen LogP contribution in [0.3, 0.4) is 0 Å². The molecule has 3 N–H and O–H groups in total. The number of nitrogens with two attached hydrogens (primary N) is 1. The van der Waals surface area contributed by atoms with Crippen LogP contribution < -0.4 is 5.73 Å². The van der Waals surface area contributed by atoms with Crippen molar-refractivity contribution >= 4 is 5.97 Å². The Hall–Kier alpha value is -0.650. The highest BCUT2D eigenvalue weighted by Crippen LogP contribution is 2.14. The van der Waals surface area contributed by atoms with Crippen LogP contribution in [0.25, 0.3) is 0 Å². The van der Waals surface area contributed by atoms with Crippen molar-refractivity contribution in [1.29, 1.82) is 0 Å². The number of morpholine rings is 1. The van der Waals surface area contributed by atoms with Crippen LogP contribution in [-0.2, 0) is 9.53 Å². The van der Waals surface area contributed by atoms with Crippen molar-refractivity contribution in [3.05, 3.63) is 0 Å². The monoisotopic (exact) mass is 414 g/mol. The van der Waals surface area contributed by atoms with Crippen molar-refractivity contribution in [2.75, 3.05) is 19.6 Å². The summed E-state index contributed by atoms with van der Waals surface area (Å²) in [4.78, 5) is 12.6. The second kappa shape index (κ2) is 18.1. The van der Waals surface area contributed by atoms with Gasteiger partial charge in [-0.3, -0.25) is 9.69 Å². The highest BCUT2D eigenvalue weighted by molar-refractivity contribution is 5.73. The van der Waals surface area contributed by atoms with Crippen LogP contribution in [0.1, 0.15) is 105 Å². The molecular weight excluding hydrogens is 364 g/mol. The van der Waals surface area contributed by atoms with Crippen molar-refractivity contribution in [1.82, 2.24) is 4.90 Å². The minimum absolute atomic E-state index is 0.0208. The Labute approximate surface area is 180 Å². The Balaban J connectivity index is 0.000000828. The van der Waals surface area contributed by atoms with Gasteiger partial charge in [0.05, 0.1) is 12.2 Å². The number of unbranched alkanes of at least 4 members (excludes halogenated alkanes) is 10. The summed E-state index contributed by atoms with van der Waals surface area (Å²) in [5, 5.41) is 8.23. The second-order valence-corrected chi connectivity index (χ2v) is 9.16. The Bertz CT molecular complexity index is 380. The van der Waals surface area contributed by atoms with Gasteiger partial charge in [0.2, 0.25) is 0 Å². The Morgan fingerprint density at radius 2 is 1.34 bits per heavy atom. The van der Waals surface area contributed by atoms with Crippen LogP contribution in [0.2, 0.25) is 0 Å². The summed E-state index contributed by atoms with van der Waals surface area (Å²) in [6, 6.07) is -0.713. The minimum atomic E-state index is -0.931. The van der Waals surface area contributed by atoms with E-state index in [2.05, 4.69) is 25.7 Å². The molecule has 1 rings (SSSR count). The lowest BCUT2D eigenvalue weighted by Gasteiger charge is -2.35. The number of rotatable bonds is 14. The lowest BCUT2D eigenvalue weighted by Crippen LogP contribution is -2.45. The number of carboxylic acids is 1. The van der Waals surface area contributed by atoms with E-state index in [0.717, 1.165) is 13.1 Å². The molecule has 1 aliphatic heterocycles. The maximum absolute atomic E-state index is 10.0. The predicted molar refractivity (Wildman–Crippen MR) is 123 cm³/mol. The van der Waals surface area contributed by atoms with E-state index in [-0.39, 0.29) is 5.92 Å². The van der Waals surface area contributed by atoms with Gasteiger partial charge in [-0.05, 0) is 32.7 Å². The van der Waals surface area contributed by atoms with E-state index in [9.17, 15) is 4.79 Å². The van der Waals surface area contributed by atoms with Crippen molar-refractivity contribution in [2.45, 2.75) is 123 Å². The van der Waals surface area contributed by atoms with E-state index < -0.39 is 12.0 Å². The summed E-state index contributed by atoms with van der Waals surface area (Å²) in [5.41, 5.74) is 5.16. The molecule has 2 unspecified atom stereocenters. The molecule has 1 aliphatic rings. The third-order valence-electron chi connectivity index (χ3n) is 5.58. The molecule has 0 spiro atoms.